The average Bonchev–Trinajstić information content (AvgIpc) is 2.63. The van der Waals surface area contributed by atoms with E-state index >= 15 is 0 Å². The molecule has 0 spiro atoms. The smallest absolute Gasteiger partial charge is 0.0847 e. The molecule has 2 rings (SSSR count). The van der Waals surface area contributed by atoms with Crippen LogP contribution in [-0.4, -0.2) is 14.8 Å². The molecule has 0 amide bonds. The van der Waals surface area contributed by atoms with E-state index in [1.807, 2.05) is 26.1 Å². The van der Waals surface area contributed by atoms with Gasteiger partial charge in [0.2, 0.25) is 0 Å². The van der Waals surface area contributed by atoms with Crippen molar-refractivity contribution >= 4 is 27.5 Å². The largest absolute Gasteiger partial charge is 0.271 e. The van der Waals surface area contributed by atoms with Crippen molar-refractivity contribution in [2.45, 2.75) is 19.4 Å². The molecule has 2 heterocycles. The van der Waals surface area contributed by atoms with Crippen LogP contribution in [-0.2, 0) is 13.5 Å². The molecule has 2 aromatic heterocycles. The highest BCUT2D eigenvalue weighted by Crippen LogP contribution is 2.25. The van der Waals surface area contributed by atoms with Crippen LogP contribution in [0.25, 0.3) is 0 Å². The number of nitrogens with one attached hydrogen (secondary N) is 1. The third kappa shape index (κ3) is 3.14. The Labute approximate surface area is 125 Å². The molecule has 102 valence electrons. The van der Waals surface area contributed by atoms with Gasteiger partial charge in [-0.05, 0) is 35.0 Å². The number of hydrazine groups is 1. The van der Waals surface area contributed by atoms with Crippen LogP contribution in [0, 0.1) is 6.92 Å². The van der Waals surface area contributed by atoms with E-state index in [9.17, 15) is 0 Å². The van der Waals surface area contributed by atoms with Crippen molar-refractivity contribution in [3.05, 3.63) is 44.9 Å². The van der Waals surface area contributed by atoms with Gasteiger partial charge in [0.15, 0.2) is 0 Å². The van der Waals surface area contributed by atoms with Crippen molar-refractivity contribution in [2.75, 3.05) is 0 Å². The summed E-state index contributed by atoms with van der Waals surface area (Å²) < 4.78 is 2.71. The topological polar surface area (TPSA) is 68.8 Å². The Hall–Kier alpha value is -0.950. The first-order valence-electron chi connectivity index (χ1n) is 5.78. The van der Waals surface area contributed by atoms with Gasteiger partial charge in [-0.3, -0.25) is 20.9 Å². The Balaban J connectivity index is 2.26. The zero-order chi connectivity index (χ0) is 14.0. The number of aryl methyl sites for hydroxylation is 2. The van der Waals surface area contributed by atoms with E-state index in [2.05, 4.69) is 31.4 Å². The van der Waals surface area contributed by atoms with Crippen LogP contribution in [0.2, 0.25) is 5.02 Å². The summed E-state index contributed by atoms with van der Waals surface area (Å²) >= 11 is 9.61. The van der Waals surface area contributed by atoms with Gasteiger partial charge in [0.05, 0.1) is 28.1 Å². The minimum atomic E-state index is -0.111. The van der Waals surface area contributed by atoms with Gasteiger partial charge in [-0.2, -0.15) is 5.10 Å². The molecule has 0 radical (unpaired) electrons. The third-order valence-electron chi connectivity index (χ3n) is 2.97. The lowest BCUT2D eigenvalue weighted by atomic mass is 10.1. The number of halogens is 2. The fraction of sp³-hybridized carbons (Fsp3) is 0.333. The molecule has 0 bridgehead atoms. The van der Waals surface area contributed by atoms with Crippen molar-refractivity contribution in [1.29, 1.82) is 0 Å². The number of nitrogens with two attached hydrogens (primary N) is 1. The Morgan fingerprint density at radius 1 is 1.53 bits per heavy atom. The highest BCUT2D eigenvalue weighted by Gasteiger charge is 2.18. The van der Waals surface area contributed by atoms with E-state index in [-0.39, 0.29) is 6.04 Å². The van der Waals surface area contributed by atoms with Crippen LogP contribution in [0.1, 0.15) is 23.1 Å². The van der Waals surface area contributed by atoms with Crippen LogP contribution in [0.15, 0.2) is 22.8 Å². The molecule has 0 saturated carbocycles. The lowest BCUT2D eigenvalue weighted by Gasteiger charge is -2.15. The molecule has 2 aromatic rings. The van der Waals surface area contributed by atoms with E-state index in [1.54, 1.807) is 10.9 Å². The van der Waals surface area contributed by atoms with E-state index in [4.69, 9.17) is 17.4 Å². The van der Waals surface area contributed by atoms with Crippen LogP contribution < -0.4 is 11.3 Å². The number of nitrogens with zero attached hydrogens (tertiary/aromatic N) is 3. The summed E-state index contributed by atoms with van der Waals surface area (Å²) in [6, 6.07) is 3.74. The van der Waals surface area contributed by atoms with Gasteiger partial charge in [0, 0.05) is 24.1 Å². The Morgan fingerprint density at radius 2 is 2.26 bits per heavy atom. The van der Waals surface area contributed by atoms with Gasteiger partial charge in [0.1, 0.15) is 0 Å². The number of rotatable bonds is 4. The van der Waals surface area contributed by atoms with Gasteiger partial charge in [0.25, 0.3) is 0 Å². The molecule has 0 aliphatic heterocycles. The van der Waals surface area contributed by atoms with Gasteiger partial charge in [-0.15, -0.1) is 0 Å². The zero-order valence-corrected chi connectivity index (χ0v) is 13.0. The average molecular weight is 345 g/mol. The molecule has 0 saturated heterocycles. The molecule has 1 unspecified atom stereocenters. The first-order valence-corrected chi connectivity index (χ1v) is 6.95. The first kappa shape index (κ1) is 14.5. The second-order valence-corrected chi connectivity index (χ2v) is 5.59. The summed E-state index contributed by atoms with van der Waals surface area (Å²) in [5, 5.41) is 4.97. The van der Waals surface area contributed by atoms with Gasteiger partial charge >= 0.3 is 0 Å². The summed E-state index contributed by atoms with van der Waals surface area (Å²) in [5.41, 5.74) is 5.39. The van der Waals surface area contributed by atoms with Crippen LogP contribution in [0.5, 0.6) is 0 Å². The van der Waals surface area contributed by atoms with Crippen molar-refractivity contribution < 1.29 is 0 Å². The minimum absolute atomic E-state index is 0.111. The molecule has 7 heteroatoms. The lowest BCUT2D eigenvalue weighted by molar-refractivity contribution is 0.518. The molecule has 0 aliphatic rings. The molecule has 3 N–H and O–H groups in total. The fourth-order valence-electron chi connectivity index (χ4n) is 1.94. The highest BCUT2D eigenvalue weighted by molar-refractivity contribution is 9.10. The first-order chi connectivity index (χ1) is 9.02. The predicted octanol–water partition coefficient (Wildman–Crippen LogP) is 2.29. The maximum absolute atomic E-state index is 6.25. The van der Waals surface area contributed by atoms with Gasteiger partial charge in [-0.25, -0.2) is 0 Å². The van der Waals surface area contributed by atoms with Crippen molar-refractivity contribution in [3.63, 3.8) is 0 Å². The van der Waals surface area contributed by atoms with Crippen molar-refractivity contribution in [1.82, 2.24) is 20.2 Å². The predicted molar refractivity (Wildman–Crippen MR) is 78.7 cm³/mol. The Kier molecular flexibility index (Phi) is 4.57. The quantitative estimate of drug-likeness (QED) is 0.659. The number of hydrogen-bond acceptors (Lipinski definition) is 4. The number of aromatic nitrogens is 3. The molecule has 0 fully saturated rings. The molecule has 0 aliphatic carbocycles. The summed E-state index contributed by atoms with van der Waals surface area (Å²) in [7, 11) is 1.87. The normalized spacial score (nSPS) is 12.7. The van der Waals surface area contributed by atoms with E-state index in [0.717, 1.165) is 21.6 Å². The van der Waals surface area contributed by atoms with E-state index < -0.39 is 0 Å². The fourth-order valence-corrected chi connectivity index (χ4v) is 2.41. The third-order valence-corrected chi connectivity index (χ3v) is 3.93. The maximum Gasteiger partial charge on any atom is 0.0847 e. The highest BCUT2D eigenvalue weighted by atomic mass is 79.9. The standard InChI is InChI=1S/C12H15BrClN5/c1-7-12(14)11(19(2)18-7)5-10(17-15)9-4-3-8(13)6-16-9/h3-4,6,10,17H,5,15H2,1-2H3. The summed E-state index contributed by atoms with van der Waals surface area (Å²) in [6.07, 6.45) is 2.37. The SMILES string of the molecule is Cc1nn(C)c(CC(NN)c2ccc(Br)cn2)c1Cl. The summed E-state index contributed by atoms with van der Waals surface area (Å²) in [6.45, 7) is 1.88. The van der Waals surface area contributed by atoms with Crippen molar-refractivity contribution in [2.24, 2.45) is 12.9 Å². The zero-order valence-electron chi connectivity index (χ0n) is 10.7. The summed E-state index contributed by atoms with van der Waals surface area (Å²) in [4.78, 5) is 4.35. The van der Waals surface area contributed by atoms with Crippen LogP contribution in [0.3, 0.4) is 0 Å². The second-order valence-electron chi connectivity index (χ2n) is 4.29. The van der Waals surface area contributed by atoms with Gasteiger partial charge in [-0.1, -0.05) is 11.6 Å². The van der Waals surface area contributed by atoms with Crippen LogP contribution >= 0.6 is 27.5 Å². The molecule has 1 atom stereocenters. The van der Waals surface area contributed by atoms with E-state index in [0.29, 0.717) is 11.4 Å². The maximum atomic E-state index is 6.25. The molecular weight excluding hydrogens is 330 g/mol. The number of hydrogen-bond donors (Lipinski definition) is 2. The Morgan fingerprint density at radius 3 is 2.74 bits per heavy atom. The minimum Gasteiger partial charge on any atom is -0.271 e. The lowest BCUT2D eigenvalue weighted by Crippen LogP contribution is -2.30. The van der Waals surface area contributed by atoms with Gasteiger partial charge < -0.3 is 0 Å². The van der Waals surface area contributed by atoms with E-state index in [1.165, 1.54) is 0 Å². The second kappa shape index (κ2) is 6.00. The monoisotopic (exact) mass is 343 g/mol. The van der Waals surface area contributed by atoms with Crippen LogP contribution in [0.4, 0.5) is 0 Å². The Bertz CT molecular complexity index is 566. The molecule has 0 aromatic carbocycles. The number of pyridine rings is 1. The molecule has 5 nitrogen and oxygen atoms in total. The summed E-state index contributed by atoms with van der Waals surface area (Å²) in [5.74, 6) is 5.62. The molecule has 19 heavy (non-hydrogen) atoms. The molecular formula is C12H15BrClN5. The van der Waals surface area contributed by atoms with Crippen molar-refractivity contribution in [3.8, 4) is 0 Å².